The zero-order valence-corrected chi connectivity index (χ0v) is 13.1. The van der Waals surface area contributed by atoms with Crippen molar-refractivity contribution in [3.8, 4) is 6.07 Å². The van der Waals surface area contributed by atoms with Crippen LogP contribution in [0.15, 0.2) is 23.1 Å². The van der Waals surface area contributed by atoms with Crippen molar-refractivity contribution in [1.29, 1.82) is 5.26 Å². The Kier molecular flexibility index (Phi) is 5.54. The Hall–Kier alpha value is -1.13. The number of nitrogens with one attached hydrogen (secondary N) is 1. The van der Waals surface area contributed by atoms with Gasteiger partial charge in [0.2, 0.25) is 10.0 Å². The standard InChI is InChI=1S/C13H17N3O2S.ClH/c1-10-7-13(4-3-12(10)8-14)19(17,18)16-6-5-15-11(2)9-16;/h3-4,7,11,15H,5-6,9H2,1-2H3;1H. The Balaban J connectivity index is 0.00000200. The highest BCUT2D eigenvalue weighted by Gasteiger charge is 2.28. The van der Waals surface area contributed by atoms with Crippen LogP contribution in [0, 0.1) is 18.3 Å². The lowest BCUT2D eigenvalue weighted by Crippen LogP contribution is -2.51. The third-order valence-corrected chi connectivity index (χ3v) is 5.15. The van der Waals surface area contributed by atoms with E-state index in [9.17, 15) is 8.42 Å². The summed E-state index contributed by atoms with van der Waals surface area (Å²) in [7, 11) is -3.46. The largest absolute Gasteiger partial charge is 0.312 e. The Labute approximate surface area is 126 Å². The van der Waals surface area contributed by atoms with Crippen molar-refractivity contribution < 1.29 is 8.42 Å². The molecule has 110 valence electrons. The molecule has 0 aromatic heterocycles. The molecule has 1 saturated heterocycles. The third kappa shape index (κ3) is 3.30. The Morgan fingerprint density at radius 2 is 2.15 bits per heavy atom. The fourth-order valence-corrected chi connectivity index (χ4v) is 3.80. The van der Waals surface area contributed by atoms with E-state index in [-0.39, 0.29) is 23.3 Å². The summed E-state index contributed by atoms with van der Waals surface area (Å²) >= 11 is 0. The normalized spacial score (nSPS) is 19.9. The van der Waals surface area contributed by atoms with Gasteiger partial charge in [0.25, 0.3) is 0 Å². The highest BCUT2D eigenvalue weighted by Crippen LogP contribution is 2.20. The molecule has 0 bridgehead atoms. The summed E-state index contributed by atoms with van der Waals surface area (Å²) in [4.78, 5) is 0.262. The molecular weight excluding hydrogens is 298 g/mol. The molecule has 1 aromatic carbocycles. The second-order valence-electron chi connectivity index (χ2n) is 4.81. The van der Waals surface area contributed by atoms with Crippen molar-refractivity contribution in [2.45, 2.75) is 24.8 Å². The maximum Gasteiger partial charge on any atom is 0.243 e. The quantitative estimate of drug-likeness (QED) is 0.892. The van der Waals surface area contributed by atoms with Crippen LogP contribution in [-0.2, 0) is 10.0 Å². The Morgan fingerprint density at radius 3 is 2.70 bits per heavy atom. The topological polar surface area (TPSA) is 73.2 Å². The van der Waals surface area contributed by atoms with E-state index in [1.165, 1.54) is 10.4 Å². The highest BCUT2D eigenvalue weighted by molar-refractivity contribution is 7.89. The van der Waals surface area contributed by atoms with Crippen LogP contribution in [0.5, 0.6) is 0 Å². The van der Waals surface area contributed by atoms with Crippen molar-refractivity contribution in [2.75, 3.05) is 19.6 Å². The van der Waals surface area contributed by atoms with Gasteiger partial charge in [-0.15, -0.1) is 12.4 Å². The second kappa shape index (κ2) is 6.55. The van der Waals surface area contributed by atoms with Gasteiger partial charge < -0.3 is 5.32 Å². The summed E-state index contributed by atoms with van der Waals surface area (Å²) in [6.07, 6.45) is 0. The molecule has 2 rings (SSSR count). The number of benzene rings is 1. The van der Waals surface area contributed by atoms with Crippen LogP contribution in [0.2, 0.25) is 0 Å². The summed E-state index contributed by atoms with van der Waals surface area (Å²) in [5.74, 6) is 0. The molecule has 1 fully saturated rings. The Morgan fingerprint density at radius 1 is 1.45 bits per heavy atom. The zero-order chi connectivity index (χ0) is 14.0. The van der Waals surface area contributed by atoms with Gasteiger partial charge in [0, 0.05) is 25.7 Å². The van der Waals surface area contributed by atoms with E-state index in [2.05, 4.69) is 5.32 Å². The molecule has 1 aliphatic rings. The summed E-state index contributed by atoms with van der Waals surface area (Å²) in [6, 6.07) is 6.84. The first-order chi connectivity index (χ1) is 8.95. The average Bonchev–Trinajstić information content (AvgIpc) is 2.38. The van der Waals surface area contributed by atoms with E-state index in [1.807, 2.05) is 13.0 Å². The van der Waals surface area contributed by atoms with Gasteiger partial charge in [-0.25, -0.2) is 8.42 Å². The van der Waals surface area contributed by atoms with E-state index in [4.69, 9.17) is 5.26 Å². The molecule has 1 aromatic rings. The summed E-state index contributed by atoms with van der Waals surface area (Å²) in [5, 5.41) is 12.1. The fourth-order valence-electron chi connectivity index (χ4n) is 2.19. The van der Waals surface area contributed by atoms with Gasteiger partial charge in [-0.05, 0) is 37.6 Å². The van der Waals surface area contributed by atoms with Gasteiger partial charge in [-0.3, -0.25) is 0 Å². The van der Waals surface area contributed by atoms with Crippen molar-refractivity contribution in [1.82, 2.24) is 9.62 Å². The second-order valence-corrected chi connectivity index (χ2v) is 6.74. The maximum absolute atomic E-state index is 12.5. The summed E-state index contributed by atoms with van der Waals surface area (Å²) < 4.78 is 26.5. The van der Waals surface area contributed by atoms with Crippen LogP contribution < -0.4 is 5.32 Å². The van der Waals surface area contributed by atoms with Gasteiger partial charge in [-0.1, -0.05) is 0 Å². The predicted molar refractivity (Wildman–Crippen MR) is 79.4 cm³/mol. The number of hydrogen-bond acceptors (Lipinski definition) is 4. The molecule has 20 heavy (non-hydrogen) atoms. The van der Waals surface area contributed by atoms with Gasteiger partial charge in [-0.2, -0.15) is 9.57 Å². The van der Waals surface area contributed by atoms with Crippen LogP contribution in [0.1, 0.15) is 18.1 Å². The molecule has 0 spiro atoms. The SMILES string of the molecule is Cc1cc(S(=O)(=O)N2CCNC(C)C2)ccc1C#N.Cl. The van der Waals surface area contributed by atoms with Crippen molar-refractivity contribution in [3.63, 3.8) is 0 Å². The minimum atomic E-state index is -3.46. The first kappa shape index (κ1) is 16.9. The van der Waals surface area contributed by atoms with Gasteiger partial charge in [0.05, 0.1) is 16.5 Å². The molecule has 0 amide bonds. The number of aryl methyl sites for hydroxylation is 1. The number of rotatable bonds is 2. The lowest BCUT2D eigenvalue weighted by atomic mass is 10.1. The molecule has 7 heteroatoms. The molecular formula is C13H18ClN3O2S. The van der Waals surface area contributed by atoms with Gasteiger partial charge >= 0.3 is 0 Å². The molecule has 1 atom stereocenters. The third-order valence-electron chi connectivity index (χ3n) is 3.29. The van der Waals surface area contributed by atoms with E-state index in [0.717, 1.165) is 0 Å². The van der Waals surface area contributed by atoms with Crippen molar-refractivity contribution in [2.24, 2.45) is 0 Å². The van der Waals surface area contributed by atoms with Gasteiger partial charge in [0.1, 0.15) is 0 Å². The number of sulfonamides is 1. The van der Waals surface area contributed by atoms with Crippen LogP contribution >= 0.6 is 12.4 Å². The highest BCUT2D eigenvalue weighted by atomic mass is 35.5. The lowest BCUT2D eigenvalue weighted by molar-refractivity contribution is 0.310. The van der Waals surface area contributed by atoms with E-state index >= 15 is 0 Å². The molecule has 1 N–H and O–H groups in total. The minimum Gasteiger partial charge on any atom is -0.312 e. The molecule has 1 heterocycles. The number of hydrogen-bond donors (Lipinski definition) is 1. The molecule has 5 nitrogen and oxygen atoms in total. The van der Waals surface area contributed by atoms with E-state index in [1.54, 1.807) is 19.1 Å². The minimum absolute atomic E-state index is 0. The van der Waals surface area contributed by atoms with Crippen molar-refractivity contribution >= 4 is 22.4 Å². The maximum atomic E-state index is 12.5. The number of nitriles is 1. The molecule has 1 unspecified atom stereocenters. The number of piperazine rings is 1. The fraction of sp³-hybridized carbons (Fsp3) is 0.462. The number of nitrogens with zero attached hydrogens (tertiary/aromatic N) is 2. The average molecular weight is 316 g/mol. The van der Waals surface area contributed by atoms with Crippen LogP contribution in [0.4, 0.5) is 0 Å². The first-order valence-corrected chi connectivity index (χ1v) is 7.63. The molecule has 0 saturated carbocycles. The van der Waals surface area contributed by atoms with Crippen LogP contribution in [0.3, 0.4) is 0 Å². The van der Waals surface area contributed by atoms with Crippen LogP contribution in [0.25, 0.3) is 0 Å². The first-order valence-electron chi connectivity index (χ1n) is 6.19. The number of halogens is 1. The Bertz CT molecular complexity index is 625. The van der Waals surface area contributed by atoms with Gasteiger partial charge in [0.15, 0.2) is 0 Å². The monoisotopic (exact) mass is 315 g/mol. The smallest absolute Gasteiger partial charge is 0.243 e. The molecule has 0 aliphatic carbocycles. The van der Waals surface area contributed by atoms with E-state index in [0.29, 0.717) is 30.8 Å². The zero-order valence-electron chi connectivity index (χ0n) is 11.5. The van der Waals surface area contributed by atoms with Crippen molar-refractivity contribution in [3.05, 3.63) is 29.3 Å². The summed E-state index contributed by atoms with van der Waals surface area (Å²) in [6.45, 7) is 5.33. The predicted octanol–water partition coefficient (Wildman–Crippen LogP) is 1.27. The summed E-state index contributed by atoms with van der Waals surface area (Å²) in [5.41, 5.74) is 1.19. The lowest BCUT2D eigenvalue weighted by Gasteiger charge is -2.31. The van der Waals surface area contributed by atoms with E-state index < -0.39 is 10.0 Å². The van der Waals surface area contributed by atoms with Crippen LogP contribution in [-0.4, -0.2) is 38.4 Å². The molecule has 0 radical (unpaired) electrons. The molecule has 1 aliphatic heterocycles.